The molecule has 2 unspecified atom stereocenters. The molecule has 0 bridgehead atoms. The number of hydrogen-bond acceptors (Lipinski definition) is 6. The molecule has 2 atom stereocenters. The van der Waals surface area contributed by atoms with E-state index < -0.39 is 12.2 Å². The van der Waals surface area contributed by atoms with E-state index in [0.717, 1.165) is 0 Å². The zero-order valence-corrected chi connectivity index (χ0v) is 10.8. The number of rotatable bonds is 6. The van der Waals surface area contributed by atoms with Crippen molar-refractivity contribution in [3.05, 3.63) is 23.3 Å². The average Bonchev–Trinajstić information content (AvgIpc) is 2.37. The molecule has 0 saturated heterocycles. The van der Waals surface area contributed by atoms with E-state index in [0.29, 0.717) is 12.0 Å². The molecular formula is C12H16O5S. The highest BCUT2D eigenvalue weighted by Gasteiger charge is 2.23. The maximum atomic E-state index is 11.0. The summed E-state index contributed by atoms with van der Waals surface area (Å²) in [5.41, 5.74) is 0.0812. The summed E-state index contributed by atoms with van der Waals surface area (Å²) in [6.45, 7) is 0. The topological polar surface area (TPSA) is 87.0 Å². The van der Waals surface area contributed by atoms with Crippen LogP contribution in [0, 0.1) is 0 Å². The molecule has 0 fully saturated rings. The Labute approximate surface area is 110 Å². The van der Waals surface area contributed by atoms with E-state index in [2.05, 4.69) is 12.6 Å². The molecule has 0 spiro atoms. The van der Waals surface area contributed by atoms with Crippen LogP contribution in [0.1, 0.15) is 28.4 Å². The number of methoxy groups -OCH3 is 1. The number of aliphatic hydroxyl groups excluding tert-OH is 2. The van der Waals surface area contributed by atoms with Gasteiger partial charge in [0.25, 0.3) is 0 Å². The lowest BCUT2D eigenvalue weighted by atomic mass is 9.97. The van der Waals surface area contributed by atoms with Crippen LogP contribution >= 0.6 is 12.6 Å². The van der Waals surface area contributed by atoms with Crippen molar-refractivity contribution in [3.8, 4) is 11.5 Å². The molecule has 18 heavy (non-hydrogen) atoms. The smallest absolute Gasteiger partial charge is 0.168 e. The summed E-state index contributed by atoms with van der Waals surface area (Å²) in [7, 11) is 1.36. The van der Waals surface area contributed by atoms with Crippen LogP contribution in [0.2, 0.25) is 0 Å². The molecule has 0 aliphatic carbocycles. The third kappa shape index (κ3) is 2.95. The second-order valence-corrected chi connectivity index (χ2v) is 4.21. The number of hydrogen-bond donors (Lipinski definition) is 4. The minimum absolute atomic E-state index is 0.0833. The second-order valence-electron chi connectivity index (χ2n) is 3.76. The molecule has 100 valence electrons. The average molecular weight is 272 g/mol. The van der Waals surface area contributed by atoms with E-state index in [4.69, 9.17) is 4.74 Å². The Kier molecular flexibility index (Phi) is 5.46. The third-order valence-corrected chi connectivity index (χ3v) is 2.92. The second kappa shape index (κ2) is 6.63. The fraction of sp³-hybridized carbons (Fsp3) is 0.417. The van der Waals surface area contributed by atoms with Crippen LogP contribution in [0.25, 0.3) is 0 Å². The Morgan fingerprint density at radius 3 is 2.61 bits per heavy atom. The van der Waals surface area contributed by atoms with Gasteiger partial charge >= 0.3 is 0 Å². The summed E-state index contributed by atoms with van der Waals surface area (Å²) in [6.07, 6.45) is -1.61. The van der Waals surface area contributed by atoms with Crippen LogP contribution in [0.4, 0.5) is 0 Å². The van der Waals surface area contributed by atoms with Gasteiger partial charge in [-0.2, -0.15) is 12.6 Å². The number of aliphatic hydroxyl groups is 2. The van der Waals surface area contributed by atoms with Gasteiger partial charge in [-0.15, -0.1) is 0 Å². The molecule has 0 heterocycles. The van der Waals surface area contributed by atoms with Crippen LogP contribution in [-0.4, -0.2) is 40.6 Å². The van der Waals surface area contributed by atoms with Gasteiger partial charge in [0.05, 0.1) is 18.8 Å². The van der Waals surface area contributed by atoms with Gasteiger partial charge in [-0.25, -0.2) is 0 Å². The summed E-state index contributed by atoms with van der Waals surface area (Å²) in [6, 6.07) is 2.86. The zero-order valence-electron chi connectivity index (χ0n) is 9.91. The van der Waals surface area contributed by atoms with Crippen molar-refractivity contribution in [1.82, 2.24) is 0 Å². The van der Waals surface area contributed by atoms with Crippen molar-refractivity contribution in [1.29, 1.82) is 0 Å². The monoisotopic (exact) mass is 272 g/mol. The number of phenols is 1. The molecular weight excluding hydrogens is 256 g/mol. The van der Waals surface area contributed by atoms with E-state index in [1.165, 1.54) is 19.2 Å². The first-order valence-corrected chi connectivity index (χ1v) is 6.02. The van der Waals surface area contributed by atoms with Gasteiger partial charge in [0.1, 0.15) is 6.10 Å². The molecule has 6 heteroatoms. The number of aldehydes is 1. The summed E-state index contributed by atoms with van der Waals surface area (Å²) in [5, 5.41) is 29.4. The van der Waals surface area contributed by atoms with Gasteiger partial charge in [0, 0.05) is 0 Å². The largest absolute Gasteiger partial charge is 0.504 e. The molecule has 1 aromatic rings. The number of phenolic OH excluding ortho intramolecular Hbond substituents is 1. The summed E-state index contributed by atoms with van der Waals surface area (Å²) in [4.78, 5) is 11.0. The molecule has 0 amide bonds. The Morgan fingerprint density at radius 2 is 2.11 bits per heavy atom. The van der Waals surface area contributed by atoms with E-state index in [9.17, 15) is 20.1 Å². The van der Waals surface area contributed by atoms with Crippen molar-refractivity contribution in [2.75, 3.05) is 12.9 Å². The fourth-order valence-corrected chi connectivity index (χ4v) is 1.91. The van der Waals surface area contributed by atoms with E-state index in [1.54, 1.807) is 0 Å². The van der Waals surface area contributed by atoms with Crippen LogP contribution in [0.5, 0.6) is 11.5 Å². The van der Waals surface area contributed by atoms with Gasteiger partial charge in [-0.1, -0.05) is 6.07 Å². The van der Waals surface area contributed by atoms with Gasteiger partial charge < -0.3 is 20.1 Å². The number of carbonyl (C=O) groups excluding carboxylic acids is 1. The molecule has 3 N–H and O–H groups in total. The van der Waals surface area contributed by atoms with Crippen molar-refractivity contribution in [2.24, 2.45) is 0 Å². The molecule has 5 nitrogen and oxygen atoms in total. The van der Waals surface area contributed by atoms with Crippen LogP contribution in [0.15, 0.2) is 12.1 Å². The number of benzene rings is 1. The van der Waals surface area contributed by atoms with Crippen molar-refractivity contribution in [2.45, 2.75) is 18.6 Å². The van der Waals surface area contributed by atoms with E-state index >= 15 is 0 Å². The molecule has 0 radical (unpaired) electrons. The fourth-order valence-electron chi connectivity index (χ4n) is 1.65. The first kappa shape index (κ1) is 14.8. The first-order chi connectivity index (χ1) is 8.56. The maximum absolute atomic E-state index is 11.0. The Morgan fingerprint density at radius 1 is 1.44 bits per heavy atom. The molecule has 0 aliphatic heterocycles. The minimum atomic E-state index is -1.26. The third-order valence-electron chi connectivity index (χ3n) is 2.66. The SMILES string of the molecule is COc1ccc(C(O)C(O)CCS)c(C=O)c1O. The molecule has 1 aromatic carbocycles. The molecule has 0 saturated carbocycles. The standard InChI is InChI=1S/C12H16O5S/c1-17-10-3-2-7(8(6-13)12(10)16)11(15)9(14)4-5-18/h2-3,6,9,11,14-16,18H,4-5H2,1H3. The zero-order chi connectivity index (χ0) is 13.7. The molecule has 1 rings (SSSR count). The Hall–Kier alpha value is -1.24. The number of thiol groups is 1. The van der Waals surface area contributed by atoms with Gasteiger partial charge in [0.2, 0.25) is 0 Å². The lowest BCUT2D eigenvalue weighted by Gasteiger charge is -2.20. The minimum Gasteiger partial charge on any atom is -0.504 e. The predicted octanol–water partition coefficient (Wildman–Crippen LogP) is 0.927. The van der Waals surface area contributed by atoms with Crippen molar-refractivity contribution in [3.63, 3.8) is 0 Å². The van der Waals surface area contributed by atoms with E-state index in [1.807, 2.05) is 0 Å². The highest BCUT2D eigenvalue weighted by atomic mass is 32.1. The van der Waals surface area contributed by atoms with Gasteiger partial charge in [-0.3, -0.25) is 4.79 Å². The lowest BCUT2D eigenvalue weighted by Crippen LogP contribution is -2.20. The number of carbonyl (C=O) groups is 1. The number of aromatic hydroxyl groups is 1. The van der Waals surface area contributed by atoms with Gasteiger partial charge in [-0.05, 0) is 23.8 Å². The predicted molar refractivity (Wildman–Crippen MR) is 69.5 cm³/mol. The Bertz CT molecular complexity index is 421. The first-order valence-electron chi connectivity index (χ1n) is 5.38. The van der Waals surface area contributed by atoms with Crippen molar-refractivity contribution < 1.29 is 24.9 Å². The van der Waals surface area contributed by atoms with Crippen molar-refractivity contribution >= 4 is 18.9 Å². The summed E-state index contributed by atoms with van der Waals surface area (Å²) >= 11 is 3.96. The highest BCUT2D eigenvalue weighted by Crippen LogP contribution is 2.34. The highest BCUT2D eigenvalue weighted by molar-refractivity contribution is 7.80. The van der Waals surface area contributed by atoms with E-state index in [-0.39, 0.29) is 29.0 Å². The van der Waals surface area contributed by atoms with Crippen LogP contribution in [-0.2, 0) is 0 Å². The normalized spacial score (nSPS) is 14.0. The summed E-state index contributed by atoms with van der Waals surface area (Å²) in [5.74, 6) is 0.190. The lowest BCUT2D eigenvalue weighted by molar-refractivity contribution is 0.0167. The molecule has 0 aromatic heterocycles. The summed E-state index contributed by atoms with van der Waals surface area (Å²) < 4.78 is 4.86. The van der Waals surface area contributed by atoms with Crippen LogP contribution < -0.4 is 4.74 Å². The number of ether oxygens (including phenoxy) is 1. The maximum Gasteiger partial charge on any atom is 0.168 e. The van der Waals surface area contributed by atoms with Crippen LogP contribution in [0.3, 0.4) is 0 Å². The Balaban J connectivity index is 3.16. The quantitative estimate of drug-likeness (QED) is 0.457. The molecule has 0 aliphatic rings. The van der Waals surface area contributed by atoms with Gasteiger partial charge in [0.15, 0.2) is 17.8 Å².